The number of amides is 3. The smallest absolute Gasteiger partial charge is 0.407 e. The molecule has 41 heavy (non-hydrogen) atoms. The molecule has 0 bridgehead atoms. The van der Waals surface area contributed by atoms with Gasteiger partial charge in [-0.1, -0.05) is 23.8 Å². The summed E-state index contributed by atoms with van der Waals surface area (Å²) in [5.74, 6) is -1.24. The van der Waals surface area contributed by atoms with Gasteiger partial charge in [-0.25, -0.2) is 18.2 Å². The summed E-state index contributed by atoms with van der Waals surface area (Å²) in [6, 6.07) is 7.75. The Kier molecular flexibility index (Phi) is 8.62. The molecule has 0 aliphatic heterocycles. The number of nitrogens with one attached hydrogen (secondary N) is 3. The van der Waals surface area contributed by atoms with Crippen molar-refractivity contribution in [2.24, 2.45) is 5.92 Å². The quantitative estimate of drug-likeness (QED) is 0.321. The fraction of sp³-hybridized carbons (Fsp3) is 0.517. The van der Waals surface area contributed by atoms with Crippen molar-refractivity contribution in [3.05, 3.63) is 48.7 Å². The first-order valence-corrected chi connectivity index (χ1v) is 15.3. The van der Waals surface area contributed by atoms with E-state index in [2.05, 4.69) is 26.9 Å². The molecule has 2 aromatic rings. The number of fused-ring (bicyclic) bond motifs is 1. The fourth-order valence-corrected chi connectivity index (χ4v) is 5.90. The second kappa shape index (κ2) is 11.7. The lowest BCUT2D eigenvalue weighted by atomic mass is 10.1. The van der Waals surface area contributed by atoms with E-state index in [1.807, 2.05) is 31.2 Å². The molecule has 11 nitrogen and oxygen atoms in total. The van der Waals surface area contributed by atoms with Crippen LogP contribution in [0.1, 0.15) is 58.4 Å². The molecular weight excluding hydrogens is 548 g/mol. The maximum absolute atomic E-state index is 13.1. The van der Waals surface area contributed by atoms with Crippen molar-refractivity contribution < 1.29 is 32.3 Å². The number of aromatic nitrogens is 1. The van der Waals surface area contributed by atoms with E-state index >= 15 is 0 Å². The van der Waals surface area contributed by atoms with E-state index in [0.29, 0.717) is 18.7 Å². The van der Waals surface area contributed by atoms with Crippen molar-refractivity contribution in [2.75, 3.05) is 6.54 Å². The van der Waals surface area contributed by atoms with Crippen LogP contribution in [-0.2, 0) is 24.3 Å². The van der Waals surface area contributed by atoms with Gasteiger partial charge >= 0.3 is 6.09 Å². The number of benzene rings is 1. The van der Waals surface area contributed by atoms with Crippen LogP contribution in [0.25, 0.3) is 10.8 Å². The highest BCUT2D eigenvalue weighted by Crippen LogP contribution is 2.45. The van der Waals surface area contributed by atoms with Crippen molar-refractivity contribution in [1.82, 2.24) is 20.3 Å². The summed E-state index contributed by atoms with van der Waals surface area (Å²) in [5.41, 5.74) is -1.03. The normalized spacial score (nSPS) is 20.9. The molecule has 4 rings (SSSR count). The van der Waals surface area contributed by atoms with Gasteiger partial charge in [-0.3, -0.25) is 14.3 Å². The largest absolute Gasteiger partial charge is 0.472 e. The summed E-state index contributed by atoms with van der Waals surface area (Å²) in [4.78, 5) is 42.7. The summed E-state index contributed by atoms with van der Waals surface area (Å²) >= 11 is 0. The van der Waals surface area contributed by atoms with E-state index in [1.54, 1.807) is 27.0 Å². The monoisotopic (exact) mass is 586 g/mol. The van der Waals surface area contributed by atoms with Crippen LogP contribution in [-0.4, -0.2) is 60.3 Å². The Bertz CT molecular complexity index is 1450. The molecule has 0 saturated heterocycles. The molecule has 0 radical (unpaired) electrons. The SMILES string of the molecule is C=C[C@@H]1C[C@]1(NC(=O)CC[C@H](CNC(=O)OC(C)(C)C)Oc1nccc2ccc(C)cc12)C(=O)NS(=O)(=O)C1CC1. The Hall–Kier alpha value is -3.67. The molecule has 2 aliphatic rings. The number of nitrogens with zero attached hydrogens (tertiary/aromatic N) is 1. The van der Waals surface area contributed by atoms with E-state index < -0.39 is 50.4 Å². The highest BCUT2D eigenvalue weighted by molar-refractivity contribution is 7.91. The zero-order valence-corrected chi connectivity index (χ0v) is 24.7. The maximum Gasteiger partial charge on any atom is 0.407 e. The van der Waals surface area contributed by atoms with Gasteiger partial charge in [-0.2, -0.15) is 0 Å². The molecule has 222 valence electrons. The number of sulfonamides is 1. The van der Waals surface area contributed by atoms with Crippen LogP contribution >= 0.6 is 0 Å². The third-order valence-corrected chi connectivity index (χ3v) is 8.81. The summed E-state index contributed by atoms with van der Waals surface area (Å²) < 4.78 is 38.4. The number of aryl methyl sites for hydroxylation is 1. The van der Waals surface area contributed by atoms with Crippen molar-refractivity contribution in [3.8, 4) is 5.88 Å². The van der Waals surface area contributed by atoms with E-state index in [9.17, 15) is 22.8 Å². The van der Waals surface area contributed by atoms with Gasteiger partial charge in [0, 0.05) is 23.9 Å². The van der Waals surface area contributed by atoms with Crippen molar-refractivity contribution >= 4 is 38.7 Å². The predicted molar refractivity (Wildman–Crippen MR) is 154 cm³/mol. The minimum atomic E-state index is -3.77. The van der Waals surface area contributed by atoms with Crippen molar-refractivity contribution in [1.29, 1.82) is 0 Å². The molecule has 3 atom stereocenters. The Labute approximate surface area is 240 Å². The maximum atomic E-state index is 13.1. The number of hydrogen-bond acceptors (Lipinski definition) is 8. The third-order valence-electron chi connectivity index (χ3n) is 6.99. The van der Waals surface area contributed by atoms with E-state index in [0.717, 1.165) is 16.3 Å². The van der Waals surface area contributed by atoms with Crippen LogP contribution in [0.3, 0.4) is 0 Å². The van der Waals surface area contributed by atoms with Gasteiger partial charge in [0.25, 0.3) is 5.91 Å². The van der Waals surface area contributed by atoms with Gasteiger partial charge in [0.15, 0.2) is 0 Å². The van der Waals surface area contributed by atoms with Gasteiger partial charge in [-0.05, 0) is 70.9 Å². The zero-order valence-electron chi connectivity index (χ0n) is 23.9. The van der Waals surface area contributed by atoms with Crippen LogP contribution in [0.5, 0.6) is 5.88 Å². The topological polar surface area (TPSA) is 153 Å². The number of carbonyl (C=O) groups excluding carboxylic acids is 3. The summed E-state index contributed by atoms with van der Waals surface area (Å²) in [7, 11) is -3.77. The molecule has 0 unspecified atom stereocenters. The molecule has 0 spiro atoms. The van der Waals surface area contributed by atoms with Gasteiger partial charge in [-0.15, -0.1) is 6.58 Å². The van der Waals surface area contributed by atoms with E-state index in [4.69, 9.17) is 9.47 Å². The Morgan fingerprint density at radius 3 is 2.59 bits per heavy atom. The molecule has 2 aliphatic carbocycles. The molecule has 1 aromatic carbocycles. The Morgan fingerprint density at radius 2 is 1.95 bits per heavy atom. The minimum absolute atomic E-state index is 0.0343. The fourth-order valence-electron chi connectivity index (χ4n) is 4.54. The second-order valence-corrected chi connectivity index (χ2v) is 13.7. The highest BCUT2D eigenvalue weighted by atomic mass is 32.2. The summed E-state index contributed by atoms with van der Waals surface area (Å²) in [6.45, 7) is 11.0. The lowest BCUT2D eigenvalue weighted by Gasteiger charge is -2.23. The van der Waals surface area contributed by atoms with Crippen LogP contribution in [0.15, 0.2) is 43.1 Å². The summed E-state index contributed by atoms with van der Waals surface area (Å²) in [5, 5.41) is 6.57. The molecule has 1 aromatic heterocycles. The van der Waals surface area contributed by atoms with Crippen molar-refractivity contribution in [2.45, 2.75) is 82.3 Å². The van der Waals surface area contributed by atoms with E-state index in [1.165, 1.54) is 6.08 Å². The molecule has 1 heterocycles. The zero-order chi connectivity index (χ0) is 30.0. The number of hydrogen-bond donors (Lipinski definition) is 3. The number of ether oxygens (including phenoxy) is 2. The van der Waals surface area contributed by atoms with E-state index in [-0.39, 0.29) is 31.7 Å². The van der Waals surface area contributed by atoms with Crippen molar-refractivity contribution in [3.63, 3.8) is 0 Å². The molecular formula is C29H38N4O7S. The van der Waals surface area contributed by atoms with Crippen LogP contribution in [0.4, 0.5) is 4.79 Å². The predicted octanol–water partition coefficient (Wildman–Crippen LogP) is 3.26. The van der Waals surface area contributed by atoms with Crippen LogP contribution in [0.2, 0.25) is 0 Å². The Balaban J connectivity index is 1.45. The first-order valence-electron chi connectivity index (χ1n) is 13.7. The van der Waals surface area contributed by atoms with Gasteiger partial charge in [0.05, 0.1) is 11.8 Å². The molecule has 2 saturated carbocycles. The first kappa shape index (κ1) is 30.3. The number of alkyl carbamates (subject to hydrolysis) is 1. The molecule has 3 amide bonds. The third kappa shape index (κ3) is 7.75. The average molecular weight is 587 g/mol. The number of rotatable bonds is 12. The molecule has 12 heteroatoms. The number of pyridine rings is 1. The molecule has 3 N–H and O–H groups in total. The van der Waals surface area contributed by atoms with Gasteiger partial charge in [0.2, 0.25) is 21.8 Å². The van der Waals surface area contributed by atoms with Crippen LogP contribution < -0.4 is 20.1 Å². The number of carbonyl (C=O) groups is 3. The molecule has 2 fully saturated rings. The minimum Gasteiger partial charge on any atom is -0.472 e. The van der Waals surface area contributed by atoms with Crippen LogP contribution in [0, 0.1) is 12.8 Å². The Morgan fingerprint density at radius 1 is 1.22 bits per heavy atom. The average Bonchev–Trinajstić information content (AvgIpc) is 3.80. The van der Waals surface area contributed by atoms with Gasteiger partial charge in [0.1, 0.15) is 17.2 Å². The first-order chi connectivity index (χ1) is 19.2. The highest BCUT2D eigenvalue weighted by Gasteiger charge is 2.60. The lowest BCUT2D eigenvalue weighted by molar-refractivity contribution is -0.129. The standard InChI is InChI=1S/C29H38N4O7S/c1-6-20-16-29(20,26(35)33-41(37,38)22-10-11-22)32-24(34)12-9-21(17-31-27(36)40-28(3,4)5)39-25-23-15-18(2)7-8-19(23)13-14-30-25/h6-8,13-15,20-22H,1,9-12,16-17H2,2-5H3,(H,31,36)(H,32,34)(H,33,35)/t20-,21-,29-/m1/s1. The summed E-state index contributed by atoms with van der Waals surface area (Å²) in [6.07, 6.45) is 3.26. The lowest BCUT2D eigenvalue weighted by Crippen LogP contribution is -2.52. The van der Waals surface area contributed by atoms with Gasteiger partial charge < -0.3 is 20.1 Å². The second-order valence-electron chi connectivity index (χ2n) is 11.7.